The number of nitrogens with zero attached hydrogens (tertiary/aromatic N) is 1. The minimum atomic E-state index is -1.82. The molecule has 0 atom stereocenters. The molecule has 0 aliphatic carbocycles. The van der Waals surface area contributed by atoms with Gasteiger partial charge in [-0.3, -0.25) is 4.79 Å². The highest BCUT2D eigenvalue weighted by atomic mass is 16.6. The van der Waals surface area contributed by atoms with Crippen molar-refractivity contribution >= 4 is 24.0 Å². The summed E-state index contributed by atoms with van der Waals surface area (Å²) >= 11 is 0. The molecule has 0 unspecified atom stereocenters. The number of rotatable bonds is 2. The Morgan fingerprint density at radius 1 is 1.08 bits per heavy atom. The zero-order chi connectivity index (χ0) is 19.8. The molecule has 1 aliphatic rings. The van der Waals surface area contributed by atoms with Gasteiger partial charge in [-0.05, 0) is 33.6 Å². The van der Waals surface area contributed by atoms with Gasteiger partial charge in [-0.15, -0.1) is 0 Å². The molecular formula is C15H26N2O8. The Kier molecular flexibility index (Phi) is 8.34. The third kappa shape index (κ3) is 9.50. The van der Waals surface area contributed by atoms with Gasteiger partial charge in [0.05, 0.1) is 13.5 Å². The van der Waals surface area contributed by atoms with E-state index in [1.54, 1.807) is 4.90 Å². The number of carbonyl (C=O) groups excluding carboxylic acids is 2. The molecule has 1 fully saturated rings. The molecule has 1 saturated heterocycles. The molecule has 10 heteroatoms. The number of carboxylic acids is 2. The Bertz CT molecular complexity index is 492. The van der Waals surface area contributed by atoms with Crippen LogP contribution in [-0.4, -0.2) is 70.5 Å². The highest BCUT2D eigenvalue weighted by molar-refractivity contribution is 6.27. The number of likely N-dealkylation sites (tertiary alicyclic amines) is 1. The molecule has 1 heterocycles. The van der Waals surface area contributed by atoms with Gasteiger partial charge in [0.25, 0.3) is 0 Å². The van der Waals surface area contributed by atoms with Crippen LogP contribution in [0.15, 0.2) is 0 Å². The second-order valence-corrected chi connectivity index (χ2v) is 6.69. The summed E-state index contributed by atoms with van der Waals surface area (Å²) in [5, 5.41) is 14.8. The number of amides is 1. The Morgan fingerprint density at radius 3 is 1.84 bits per heavy atom. The number of carbonyl (C=O) groups is 4. The molecule has 0 saturated carbocycles. The maximum Gasteiger partial charge on any atom is 0.414 e. The van der Waals surface area contributed by atoms with Gasteiger partial charge in [0.15, 0.2) is 0 Å². The number of nitrogens with two attached hydrogens (primary N) is 1. The summed E-state index contributed by atoms with van der Waals surface area (Å²) in [6.07, 6.45) is 1.00. The molecule has 0 aromatic heterocycles. The molecule has 0 bridgehead atoms. The van der Waals surface area contributed by atoms with Gasteiger partial charge in [0, 0.05) is 18.6 Å². The van der Waals surface area contributed by atoms with E-state index in [2.05, 4.69) is 4.74 Å². The van der Waals surface area contributed by atoms with Crippen molar-refractivity contribution in [1.29, 1.82) is 0 Å². The molecule has 25 heavy (non-hydrogen) atoms. The molecule has 1 rings (SSSR count). The number of aliphatic carboxylic acids is 2. The van der Waals surface area contributed by atoms with Crippen LogP contribution >= 0.6 is 0 Å². The number of methoxy groups -OCH3 is 1. The normalized spacial score (nSPS) is 16.1. The molecule has 144 valence electrons. The second-order valence-electron chi connectivity index (χ2n) is 6.69. The lowest BCUT2D eigenvalue weighted by Gasteiger charge is -2.38. The smallest absolute Gasteiger partial charge is 0.414 e. The average molecular weight is 362 g/mol. The lowest BCUT2D eigenvalue weighted by Crippen LogP contribution is -2.53. The van der Waals surface area contributed by atoms with Crippen molar-refractivity contribution < 1.29 is 38.9 Å². The minimum absolute atomic E-state index is 0.186. The molecular weight excluding hydrogens is 336 g/mol. The van der Waals surface area contributed by atoms with Crippen LogP contribution in [0.1, 0.15) is 40.0 Å². The molecule has 0 aromatic carbocycles. The van der Waals surface area contributed by atoms with Crippen LogP contribution in [0.3, 0.4) is 0 Å². The maximum atomic E-state index is 11.9. The van der Waals surface area contributed by atoms with Gasteiger partial charge in [0.2, 0.25) is 0 Å². The summed E-state index contributed by atoms with van der Waals surface area (Å²) in [5.74, 6) is -3.96. The van der Waals surface area contributed by atoms with E-state index in [1.165, 1.54) is 7.11 Å². The molecule has 0 radical (unpaired) electrons. The van der Waals surface area contributed by atoms with Crippen LogP contribution in [0.4, 0.5) is 4.79 Å². The third-order valence-corrected chi connectivity index (χ3v) is 3.32. The van der Waals surface area contributed by atoms with E-state index in [0.717, 1.165) is 0 Å². The van der Waals surface area contributed by atoms with E-state index in [9.17, 15) is 9.59 Å². The fourth-order valence-electron chi connectivity index (χ4n) is 2.00. The number of esters is 1. The Hall–Kier alpha value is -2.36. The zero-order valence-electron chi connectivity index (χ0n) is 14.9. The van der Waals surface area contributed by atoms with Gasteiger partial charge in [0.1, 0.15) is 5.60 Å². The number of hydrogen-bond acceptors (Lipinski definition) is 7. The van der Waals surface area contributed by atoms with Gasteiger partial charge in [-0.1, -0.05) is 0 Å². The standard InChI is InChI=1S/C13H24N2O4.C2H2O4/c1-12(2,3)19-11(17)15-7-5-13(14,6-8-15)9-10(16)18-4;3-1(4)2(5)6/h5-9,14H2,1-4H3;(H,3,4)(H,5,6). The first-order chi connectivity index (χ1) is 11.3. The molecule has 1 aliphatic heterocycles. The highest BCUT2D eigenvalue weighted by Gasteiger charge is 2.35. The summed E-state index contributed by atoms with van der Waals surface area (Å²) in [6.45, 7) is 6.50. The number of piperidine rings is 1. The molecule has 1 amide bonds. The van der Waals surface area contributed by atoms with Crippen molar-refractivity contribution in [3.05, 3.63) is 0 Å². The minimum Gasteiger partial charge on any atom is -0.473 e. The number of ether oxygens (including phenoxy) is 2. The first-order valence-corrected chi connectivity index (χ1v) is 7.59. The van der Waals surface area contributed by atoms with Gasteiger partial charge in [-0.2, -0.15) is 0 Å². The van der Waals surface area contributed by atoms with Crippen molar-refractivity contribution in [2.24, 2.45) is 5.73 Å². The Balaban J connectivity index is 0.000000823. The zero-order valence-corrected chi connectivity index (χ0v) is 14.9. The molecule has 0 spiro atoms. The van der Waals surface area contributed by atoms with Crippen molar-refractivity contribution in [3.63, 3.8) is 0 Å². The van der Waals surface area contributed by atoms with E-state index >= 15 is 0 Å². The van der Waals surface area contributed by atoms with Crippen molar-refractivity contribution in [1.82, 2.24) is 4.90 Å². The largest absolute Gasteiger partial charge is 0.473 e. The van der Waals surface area contributed by atoms with Crippen molar-refractivity contribution in [2.75, 3.05) is 20.2 Å². The van der Waals surface area contributed by atoms with Gasteiger partial charge < -0.3 is 30.3 Å². The third-order valence-electron chi connectivity index (χ3n) is 3.32. The van der Waals surface area contributed by atoms with E-state index in [0.29, 0.717) is 25.9 Å². The highest BCUT2D eigenvalue weighted by Crippen LogP contribution is 2.24. The maximum absolute atomic E-state index is 11.9. The number of hydrogen-bond donors (Lipinski definition) is 3. The van der Waals surface area contributed by atoms with Crippen molar-refractivity contribution in [2.45, 2.75) is 51.2 Å². The summed E-state index contributed by atoms with van der Waals surface area (Å²) in [5.41, 5.74) is 5.07. The fraction of sp³-hybridized carbons (Fsp3) is 0.733. The van der Waals surface area contributed by atoms with E-state index in [4.69, 9.17) is 30.3 Å². The predicted octanol–water partition coefficient (Wildman–Crippen LogP) is 0.434. The van der Waals surface area contributed by atoms with Gasteiger partial charge in [-0.25, -0.2) is 14.4 Å². The Morgan fingerprint density at radius 2 is 1.52 bits per heavy atom. The quantitative estimate of drug-likeness (QED) is 0.468. The fourth-order valence-corrected chi connectivity index (χ4v) is 2.00. The topological polar surface area (TPSA) is 156 Å². The van der Waals surface area contributed by atoms with Crippen LogP contribution < -0.4 is 5.73 Å². The van der Waals surface area contributed by atoms with Gasteiger partial charge >= 0.3 is 24.0 Å². The molecule has 10 nitrogen and oxygen atoms in total. The van der Waals surface area contributed by atoms with E-state index < -0.39 is 23.1 Å². The lowest BCUT2D eigenvalue weighted by atomic mass is 9.85. The SMILES string of the molecule is COC(=O)CC1(N)CCN(C(=O)OC(C)(C)C)CC1.O=C(O)C(=O)O. The summed E-state index contributed by atoms with van der Waals surface area (Å²) in [7, 11) is 1.35. The van der Waals surface area contributed by atoms with Crippen LogP contribution in [0, 0.1) is 0 Å². The predicted molar refractivity (Wildman–Crippen MR) is 85.9 cm³/mol. The summed E-state index contributed by atoms with van der Waals surface area (Å²) < 4.78 is 9.94. The van der Waals surface area contributed by atoms with Crippen LogP contribution in [0.2, 0.25) is 0 Å². The van der Waals surface area contributed by atoms with Crippen molar-refractivity contribution in [3.8, 4) is 0 Å². The first-order valence-electron chi connectivity index (χ1n) is 7.59. The van der Waals surface area contributed by atoms with Crippen LogP contribution in [0.25, 0.3) is 0 Å². The number of carboxylic acid groups (broad SMARTS) is 2. The molecule has 0 aromatic rings. The monoisotopic (exact) mass is 362 g/mol. The van der Waals surface area contributed by atoms with E-state index in [-0.39, 0.29) is 18.5 Å². The average Bonchev–Trinajstić information content (AvgIpc) is 2.46. The first kappa shape index (κ1) is 22.6. The Labute approximate surface area is 145 Å². The van der Waals surface area contributed by atoms with Crippen LogP contribution in [-0.2, 0) is 23.9 Å². The second kappa shape index (κ2) is 9.21. The molecule has 4 N–H and O–H groups in total. The lowest BCUT2D eigenvalue weighted by molar-refractivity contribution is -0.159. The van der Waals surface area contributed by atoms with E-state index in [1.807, 2.05) is 20.8 Å². The van der Waals surface area contributed by atoms with Crippen LogP contribution in [0.5, 0.6) is 0 Å². The summed E-state index contributed by atoms with van der Waals surface area (Å²) in [4.78, 5) is 43.0. The summed E-state index contributed by atoms with van der Waals surface area (Å²) in [6, 6.07) is 0.